The second-order valence-electron chi connectivity index (χ2n) is 6.29. The Kier molecular flexibility index (Phi) is 7.30. The van der Waals surface area contributed by atoms with Gasteiger partial charge in [0.1, 0.15) is 6.04 Å². The van der Waals surface area contributed by atoms with Gasteiger partial charge in [-0.05, 0) is 37.6 Å². The number of rotatable bonds is 6. The Bertz CT molecular complexity index is 1020. The van der Waals surface area contributed by atoms with Crippen LogP contribution in [0.4, 0.5) is 17.1 Å². The van der Waals surface area contributed by atoms with Crippen LogP contribution in [0.2, 0.25) is 5.02 Å². The van der Waals surface area contributed by atoms with Crippen LogP contribution in [0.5, 0.6) is 0 Å². The number of benzene rings is 2. The molecule has 0 saturated carbocycles. The molecule has 0 saturated heterocycles. The summed E-state index contributed by atoms with van der Waals surface area (Å²) in [6.07, 6.45) is -1.14. The molecule has 0 fully saturated rings. The number of halogens is 1. The van der Waals surface area contributed by atoms with Crippen molar-refractivity contribution >= 4 is 40.5 Å². The summed E-state index contributed by atoms with van der Waals surface area (Å²) in [7, 11) is 0. The number of aliphatic hydroxyl groups excluding tert-OH is 1. The molecule has 0 aliphatic heterocycles. The lowest BCUT2D eigenvalue weighted by Gasteiger charge is -2.23. The largest absolute Gasteiger partial charge is 0.391 e. The average Bonchev–Trinajstić information content (AvgIpc) is 2.72. The number of carbonyl (C=O) groups is 2. The van der Waals surface area contributed by atoms with Gasteiger partial charge in [-0.3, -0.25) is 30.6 Å². The predicted molar refractivity (Wildman–Crippen MR) is 110 cm³/mol. The van der Waals surface area contributed by atoms with Crippen LogP contribution in [0.3, 0.4) is 0 Å². The number of nitrogens with one attached hydrogen (secondary N) is 3. The molecule has 4 N–H and O–H groups in total. The minimum Gasteiger partial charge on any atom is -0.391 e. The molecule has 0 spiro atoms. The smallest absolute Gasteiger partial charge is 0.269 e. The molecule has 30 heavy (non-hydrogen) atoms. The quantitative estimate of drug-likeness (QED) is 0.315. The number of aliphatic hydroxyl groups is 1. The summed E-state index contributed by atoms with van der Waals surface area (Å²) < 4.78 is 0. The van der Waals surface area contributed by atoms with E-state index in [1.807, 2.05) is 0 Å². The van der Waals surface area contributed by atoms with E-state index in [1.165, 1.54) is 25.1 Å². The molecule has 2 rings (SSSR count). The molecule has 0 aromatic heterocycles. The van der Waals surface area contributed by atoms with E-state index < -0.39 is 28.9 Å². The van der Waals surface area contributed by atoms with E-state index in [0.29, 0.717) is 11.3 Å². The molecule has 0 heterocycles. The second kappa shape index (κ2) is 9.69. The summed E-state index contributed by atoms with van der Waals surface area (Å²) in [5.41, 5.74) is 5.53. The van der Waals surface area contributed by atoms with E-state index in [1.54, 1.807) is 13.0 Å². The average molecular weight is 432 g/mol. The number of nitro benzene ring substituents is 1. The Morgan fingerprint density at radius 3 is 2.37 bits per heavy atom. The third-order valence-corrected chi connectivity index (χ3v) is 4.68. The first kappa shape index (κ1) is 22.6. The lowest BCUT2D eigenvalue weighted by molar-refractivity contribution is -0.384. The van der Waals surface area contributed by atoms with Crippen molar-refractivity contribution in [3.8, 4) is 0 Å². The van der Waals surface area contributed by atoms with Crippen molar-refractivity contribution in [2.45, 2.75) is 26.0 Å². The number of hydrazine groups is 1. The monoisotopic (exact) mass is 431 g/mol. The van der Waals surface area contributed by atoms with Gasteiger partial charge in [-0.25, -0.2) is 4.85 Å². The summed E-state index contributed by atoms with van der Waals surface area (Å²) in [4.78, 5) is 38.0. The highest BCUT2D eigenvalue weighted by atomic mass is 35.5. The van der Waals surface area contributed by atoms with E-state index in [4.69, 9.17) is 18.2 Å². The van der Waals surface area contributed by atoms with Crippen molar-refractivity contribution in [2.24, 2.45) is 0 Å². The van der Waals surface area contributed by atoms with Crippen LogP contribution in [-0.4, -0.2) is 34.0 Å². The van der Waals surface area contributed by atoms with Crippen LogP contribution in [0.25, 0.3) is 4.85 Å². The summed E-state index contributed by atoms with van der Waals surface area (Å²) >= 11 is 6.13. The van der Waals surface area contributed by atoms with Crippen LogP contribution < -0.4 is 16.2 Å². The van der Waals surface area contributed by atoms with Gasteiger partial charge in [0.05, 0.1) is 22.6 Å². The molecule has 0 unspecified atom stereocenters. The molecular weight excluding hydrogens is 414 g/mol. The lowest BCUT2D eigenvalue weighted by Crippen LogP contribution is -2.52. The highest BCUT2D eigenvalue weighted by Gasteiger charge is 2.25. The first-order valence-electron chi connectivity index (χ1n) is 8.61. The summed E-state index contributed by atoms with van der Waals surface area (Å²) in [6, 6.07) is 6.72. The number of amides is 2. The molecule has 11 heteroatoms. The Balaban J connectivity index is 2.07. The fraction of sp³-hybridized carbons (Fsp3) is 0.211. The summed E-state index contributed by atoms with van der Waals surface area (Å²) in [5, 5.41) is 23.7. The van der Waals surface area contributed by atoms with Gasteiger partial charge in [0, 0.05) is 23.4 Å². The Morgan fingerprint density at radius 1 is 1.20 bits per heavy atom. The Morgan fingerprint density at radius 2 is 1.83 bits per heavy atom. The van der Waals surface area contributed by atoms with Gasteiger partial charge in [-0.15, -0.1) is 0 Å². The van der Waals surface area contributed by atoms with E-state index in [2.05, 4.69) is 21.0 Å². The van der Waals surface area contributed by atoms with Crippen LogP contribution in [-0.2, 0) is 4.79 Å². The predicted octanol–water partition coefficient (Wildman–Crippen LogP) is 2.73. The van der Waals surface area contributed by atoms with E-state index in [9.17, 15) is 24.8 Å². The lowest BCUT2D eigenvalue weighted by atomic mass is 10.1. The molecule has 156 valence electrons. The number of nitrogens with zero attached hydrogens (tertiary/aromatic N) is 2. The standard InChI is InChI=1S/C19H18ClN5O5/c1-10-14(8-9-15(21-3)16(10)20)22-17(11(2)26)19(28)24-23-18(27)12-4-6-13(7-5-12)25(29)30/h4-9,11,17,22,26H,1-2H3,(H,23,27)(H,24,28)/t11-,17-/m1/s1. The zero-order valence-electron chi connectivity index (χ0n) is 16.0. The topological polar surface area (TPSA) is 138 Å². The van der Waals surface area contributed by atoms with Crippen molar-refractivity contribution in [3.05, 3.63) is 74.1 Å². The third kappa shape index (κ3) is 5.22. The van der Waals surface area contributed by atoms with Gasteiger partial charge in [-0.2, -0.15) is 0 Å². The SMILES string of the molecule is [C-]#[N+]c1ccc(N[C@@H](C(=O)NNC(=O)c2ccc([N+](=O)[O-])cc2)[C@@H](C)O)c(C)c1Cl. The minimum atomic E-state index is -1.14. The third-order valence-electron chi connectivity index (χ3n) is 4.20. The van der Waals surface area contributed by atoms with Gasteiger partial charge in [0.25, 0.3) is 17.5 Å². The molecule has 2 aromatic rings. The fourth-order valence-corrected chi connectivity index (χ4v) is 2.70. The molecule has 2 aromatic carbocycles. The normalized spacial score (nSPS) is 12.2. The van der Waals surface area contributed by atoms with Gasteiger partial charge in [0.15, 0.2) is 0 Å². The highest BCUT2D eigenvalue weighted by Crippen LogP contribution is 2.33. The van der Waals surface area contributed by atoms with Crippen LogP contribution in [0.15, 0.2) is 36.4 Å². The number of non-ortho nitro benzene ring substituents is 1. The second-order valence-corrected chi connectivity index (χ2v) is 6.67. The molecule has 10 nitrogen and oxygen atoms in total. The maximum Gasteiger partial charge on any atom is 0.269 e. The number of hydrogen-bond acceptors (Lipinski definition) is 6. The van der Waals surface area contributed by atoms with Gasteiger partial charge < -0.3 is 10.4 Å². The molecule has 2 amide bonds. The first-order chi connectivity index (χ1) is 14.1. The molecule has 0 aliphatic rings. The van der Waals surface area contributed by atoms with Crippen LogP contribution in [0.1, 0.15) is 22.8 Å². The van der Waals surface area contributed by atoms with E-state index >= 15 is 0 Å². The van der Waals surface area contributed by atoms with Crippen molar-refractivity contribution in [1.82, 2.24) is 10.9 Å². The summed E-state index contributed by atoms with van der Waals surface area (Å²) in [6.45, 7) is 10.1. The number of anilines is 1. The van der Waals surface area contributed by atoms with Crippen LogP contribution in [0, 0.1) is 23.6 Å². The first-order valence-corrected chi connectivity index (χ1v) is 8.99. The number of hydrogen-bond donors (Lipinski definition) is 4. The molecule has 0 aliphatic carbocycles. The van der Waals surface area contributed by atoms with Crippen molar-refractivity contribution < 1.29 is 19.6 Å². The molecule has 0 radical (unpaired) electrons. The Hall–Kier alpha value is -3.68. The molecule has 0 bridgehead atoms. The fourth-order valence-electron chi connectivity index (χ4n) is 2.49. The number of nitro groups is 1. The maximum absolute atomic E-state index is 12.5. The highest BCUT2D eigenvalue weighted by molar-refractivity contribution is 6.34. The van der Waals surface area contributed by atoms with Gasteiger partial charge in [0.2, 0.25) is 5.69 Å². The molecule has 2 atom stereocenters. The number of carbonyl (C=O) groups excluding carboxylic acids is 2. The zero-order valence-corrected chi connectivity index (χ0v) is 16.7. The van der Waals surface area contributed by atoms with E-state index in [-0.39, 0.29) is 22.0 Å². The maximum atomic E-state index is 12.5. The van der Waals surface area contributed by atoms with Crippen molar-refractivity contribution in [1.29, 1.82) is 0 Å². The minimum absolute atomic E-state index is 0.0971. The van der Waals surface area contributed by atoms with Gasteiger partial charge >= 0.3 is 0 Å². The van der Waals surface area contributed by atoms with Crippen molar-refractivity contribution in [2.75, 3.05) is 5.32 Å². The van der Waals surface area contributed by atoms with Crippen molar-refractivity contribution in [3.63, 3.8) is 0 Å². The van der Waals surface area contributed by atoms with Crippen LogP contribution >= 0.6 is 11.6 Å². The van der Waals surface area contributed by atoms with Gasteiger partial charge in [-0.1, -0.05) is 17.7 Å². The van der Waals surface area contributed by atoms with E-state index in [0.717, 1.165) is 12.1 Å². The molecular formula is C19H18ClN5O5. The Labute approximate surface area is 176 Å². The zero-order chi connectivity index (χ0) is 22.4. The summed E-state index contributed by atoms with van der Waals surface area (Å²) in [5.74, 6) is -1.42.